The van der Waals surface area contributed by atoms with Crippen molar-refractivity contribution >= 4 is 81.7 Å². The molecule has 25 nitrogen and oxygen atoms in total. The Morgan fingerprint density at radius 3 is 2.07 bits per heavy atom. The summed E-state index contributed by atoms with van der Waals surface area (Å²) in [6, 6.07) is 4.34. The lowest BCUT2D eigenvalue weighted by molar-refractivity contribution is -0.136. The number of aromatic nitrogens is 1. The van der Waals surface area contributed by atoms with Crippen LogP contribution in [0, 0.1) is 0 Å². The molecule has 1 saturated heterocycles. The van der Waals surface area contributed by atoms with Crippen LogP contribution >= 0.6 is 11.6 Å². The number of nitrogens with zero attached hydrogens (tertiary/aromatic N) is 2. The highest BCUT2D eigenvalue weighted by Gasteiger charge is 2.34. The summed E-state index contributed by atoms with van der Waals surface area (Å²) in [5, 5.41) is 32.8. The molecule has 1 aliphatic heterocycles. The average Bonchev–Trinajstić information content (AvgIpc) is 3.75. The van der Waals surface area contributed by atoms with E-state index in [0.717, 1.165) is 10.9 Å². The summed E-state index contributed by atoms with van der Waals surface area (Å²) in [5.41, 5.74) is 30.2. The van der Waals surface area contributed by atoms with E-state index in [1.807, 2.05) is 24.3 Å². The van der Waals surface area contributed by atoms with Gasteiger partial charge in [-0.05, 0) is 74.3 Å². The molecule has 26 heteroatoms. The van der Waals surface area contributed by atoms with E-state index in [-0.39, 0.29) is 101 Å². The molecule has 1 fully saturated rings. The molecule has 0 aliphatic carbocycles. The zero-order valence-corrected chi connectivity index (χ0v) is 42.0. The van der Waals surface area contributed by atoms with Crippen molar-refractivity contribution in [1.29, 1.82) is 0 Å². The number of hydrogen-bond acceptors (Lipinski definition) is 12. The SMILES string of the molecule is C=C(N)[C@@H]1CCCNC(=O)CC[C@H](NC(=O)[C@H](CCCN=C(N)N)NC(C)=O)C(=O)N[C@@H](CO)C(=O)N[C@H](Cc2cccc(Cl)c2)C(=O)N[C@@H](CCCN=C(N)N)C(=O)N[C@@H](Cc2c[nH]c3ccccc23)C(=O)N1. The van der Waals surface area contributed by atoms with Crippen molar-refractivity contribution in [1.82, 2.24) is 47.5 Å². The van der Waals surface area contributed by atoms with Crippen LogP contribution in [0.4, 0.5) is 0 Å². The van der Waals surface area contributed by atoms with Gasteiger partial charge in [-0.25, -0.2) is 0 Å². The molecule has 3 aromatic rings. The van der Waals surface area contributed by atoms with Gasteiger partial charge in [-0.2, -0.15) is 0 Å². The maximum absolute atomic E-state index is 14.5. The zero-order valence-electron chi connectivity index (χ0n) is 41.2. The molecule has 74 heavy (non-hydrogen) atoms. The molecular weight excluding hydrogens is 980 g/mol. The van der Waals surface area contributed by atoms with Crippen molar-refractivity contribution in [2.45, 2.75) is 113 Å². The molecule has 0 spiro atoms. The van der Waals surface area contributed by atoms with Gasteiger partial charge in [-0.3, -0.25) is 48.3 Å². The Morgan fingerprint density at radius 1 is 0.784 bits per heavy atom. The van der Waals surface area contributed by atoms with Crippen LogP contribution in [0.3, 0.4) is 0 Å². The van der Waals surface area contributed by atoms with Gasteiger partial charge < -0.3 is 81.3 Å². The summed E-state index contributed by atoms with van der Waals surface area (Å²) >= 11 is 6.30. The number of benzene rings is 2. The van der Waals surface area contributed by atoms with Crippen LogP contribution in [0.15, 0.2) is 77.0 Å². The quantitative estimate of drug-likeness (QED) is 0.0371. The van der Waals surface area contributed by atoms with Gasteiger partial charge in [0.2, 0.25) is 47.3 Å². The fraction of sp³-hybridized carbons (Fsp3) is 0.458. The topological polar surface area (TPSA) is 424 Å². The van der Waals surface area contributed by atoms with Crippen LogP contribution < -0.4 is 71.2 Å². The van der Waals surface area contributed by atoms with Gasteiger partial charge in [0.15, 0.2) is 11.9 Å². The Balaban J connectivity index is 1.75. The van der Waals surface area contributed by atoms with Gasteiger partial charge >= 0.3 is 0 Å². The molecule has 0 unspecified atom stereocenters. The number of rotatable bonds is 17. The minimum Gasteiger partial charge on any atom is -0.401 e. The zero-order chi connectivity index (χ0) is 54.3. The number of fused-ring (bicyclic) bond motifs is 1. The van der Waals surface area contributed by atoms with E-state index in [1.54, 1.807) is 30.5 Å². The number of carbonyl (C=O) groups excluding carboxylic acids is 8. The first-order valence-corrected chi connectivity index (χ1v) is 24.4. The number of nitrogens with two attached hydrogens (primary N) is 5. The van der Waals surface area contributed by atoms with Gasteiger partial charge in [0, 0.05) is 73.6 Å². The molecule has 1 aromatic heterocycles. The lowest BCUT2D eigenvalue weighted by Crippen LogP contribution is -2.61. The fourth-order valence-corrected chi connectivity index (χ4v) is 8.19. The van der Waals surface area contributed by atoms with Crippen LogP contribution in [0.2, 0.25) is 5.02 Å². The van der Waals surface area contributed by atoms with Crippen molar-refractivity contribution in [3.8, 4) is 0 Å². The number of carbonyl (C=O) groups is 8. The smallest absolute Gasteiger partial charge is 0.245 e. The van der Waals surface area contributed by atoms with Gasteiger partial charge in [0.25, 0.3) is 0 Å². The molecule has 2 heterocycles. The van der Waals surface area contributed by atoms with E-state index in [9.17, 15) is 43.5 Å². The highest BCUT2D eigenvalue weighted by Crippen LogP contribution is 2.20. The molecule has 2 aromatic carbocycles. The van der Waals surface area contributed by atoms with E-state index in [2.05, 4.69) is 64.1 Å². The molecule has 20 N–H and O–H groups in total. The predicted molar refractivity (Wildman–Crippen MR) is 278 cm³/mol. The molecule has 7 atom stereocenters. The fourth-order valence-electron chi connectivity index (χ4n) is 7.97. The Kier molecular flexibility index (Phi) is 23.4. The number of nitrogens with one attached hydrogen (secondary N) is 9. The Bertz CT molecular complexity index is 2530. The number of H-pyrrole nitrogens is 1. The van der Waals surface area contributed by atoms with Crippen LogP contribution in [0.1, 0.15) is 69.4 Å². The number of aliphatic hydroxyl groups excluding tert-OH is 1. The third-order valence-corrected chi connectivity index (χ3v) is 12.0. The number of amides is 8. The molecule has 402 valence electrons. The van der Waals surface area contributed by atoms with Crippen LogP contribution in [-0.2, 0) is 51.2 Å². The third-order valence-electron chi connectivity index (χ3n) is 11.8. The van der Waals surface area contributed by atoms with E-state index < -0.39 is 96.2 Å². The van der Waals surface area contributed by atoms with Crippen molar-refractivity contribution in [2.75, 3.05) is 26.2 Å². The van der Waals surface area contributed by atoms with Gasteiger partial charge in [-0.15, -0.1) is 0 Å². The number of guanidine groups is 2. The summed E-state index contributed by atoms with van der Waals surface area (Å²) in [6.07, 6.45) is 1.63. The highest BCUT2D eigenvalue weighted by molar-refractivity contribution is 6.30. The summed E-state index contributed by atoms with van der Waals surface area (Å²) in [6.45, 7) is 4.28. The van der Waals surface area contributed by atoms with Gasteiger partial charge in [0.1, 0.15) is 36.3 Å². The number of hydrogen-bond donors (Lipinski definition) is 15. The minimum absolute atomic E-state index is 0.0213. The van der Waals surface area contributed by atoms with Crippen molar-refractivity contribution in [3.05, 3.63) is 83.2 Å². The standard InChI is InChI=1S/C48H69ClN16O9/c1-26(50)32-13-6-18-55-40(68)17-16-36(62-41(69)34(59-27(2)67)14-7-19-56-47(51)52)43(71)65-39(25-66)46(74)63-37(22-28-9-5-10-30(49)21-28)44(72)61-35(15-8-20-57-48(53)54)42(70)64-38(45(73)60-32)23-29-24-58-33-12-4-3-11-31(29)33/h3-5,9-12,21,24,32,34-39,58,66H,1,6-8,13-20,22-23,25,50H2,2H3,(H,55,68)(H,59,67)(H,60,73)(H,61,72)(H,62,69)(H,63,74)(H,64,70)(H,65,71)(H4,51,52,56)(H4,53,54,57)/t32-,34-,35-,36-,37+,38-,39-/m0/s1. The van der Waals surface area contributed by atoms with E-state index in [0.29, 0.717) is 16.1 Å². The number of halogens is 1. The molecule has 8 amide bonds. The Labute approximate surface area is 432 Å². The second-order valence-electron chi connectivity index (χ2n) is 17.7. The molecule has 0 radical (unpaired) electrons. The third kappa shape index (κ3) is 19.6. The minimum atomic E-state index is -1.74. The molecule has 1 aliphatic rings. The number of para-hydroxylation sites is 1. The second-order valence-corrected chi connectivity index (χ2v) is 18.1. The average molecular weight is 1050 g/mol. The van der Waals surface area contributed by atoms with E-state index in [4.69, 9.17) is 40.3 Å². The Hall–Kier alpha value is -7.93. The molecular formula is C48H69ClN16O9. The maximum atomic E-state index is 14.5. The number of aromatic amines is 1. The second kappa shape index (κ2) is 29.6. The first-order chi connectivity index (χ1) is 35.2. The summed E-state index contributed by atoms with van der Waals surface area (Å²) < 4.78 is 0. The van der Waals surface area contributed by atoms with Gasteiger partial charge in [-0.1, -0.05) is 48.5 Å². The van der Waals surface area contributed by atoms with Crippen LogP contribution in [0.5, 0.6) is 0 Å². The molecule has 0 bridgehead atoms. The number of aliphatic hydroxyl groups is 1. The normalized spacial score (nSPS) is 21.2. The number of aliphatic imine (C=N–C) groups is 2. The lowest BCUT2D eigenvalue weighted by Gasteiger charge is -2.28. The van der Waals surface area contributed by atoms with Crippen LogP contribution in [0.25, 0.3) is 10.9 Å². The lowest BCUT2D eigenvalue weighted by atomic mass is 10.0. The first kappa shape index (κ1) is 58.6. The van der Waals surface area contributed by atoms with Crippen molar-refractivity contribution in [2.24, 2.45) is 38.7 Å². The Morgan fingerprint density at radius 2 is 1.41 bits per heavy atom. The highest BCUT2D eigenvalue weighted by atomic mass is 35.5. The van der Waals surface area contributed by atoms with Crippen LogP contribution in [-0.4, -0.2) is 138 Å². The van der Waals surface area contributed by atoms with Gasteiger partial charge in [0.05, 0.1) is 12.6 Å². The molecule has 4 rings (SSSR count). The molecule has 0 saturated carbocycles. The largest absolute Gasteiger partial charge is 0.401 e. The monoisotopic (exact) mass is 1050 g/mol. The summed E-state index contributed by atoms with van der Waals surface area (Å²) in [7, 11) is 0. The summed E-state index contributed by atoms with van der Waals surface area (Å²) in [4.78, 5) is 122. The van der Waals surface area contributed by atoms with E-state index >= 15 is 0 Å². The van der Waals surface area contributed by atoms with Crippen molar-refractivity contribution in [3.63, 3.8) is 0 Å². The van der Waals surface area contributed by atoms with E-state index in [1.165, 1.54) is 6.92 Å². The maximum Gasteiger partial charge on any atom is 0.245 e. The first-order valence-electron chi connectivity index (χ1n) is 24.1. The predicted octanol–water partition coefficient (Wildman–Crippen LogP) is -2.72. The van der Waals surface area contributed by atoms with Crippen molar-refractivity contribution < 1.29 is 43.5 Å². The summed E-state index contributed by atoms with van der Waals surface area (Å²) in [5.74, 6) is -6.70.